The van der Waals surface area contributed by atoms with Gasteiger partial charge in [0.15, 0.2) is 0 Å². The number of aryl methyl sites for hydroxylation is 1. The minimum Gasteiger partial charge on any atom is -0.339 e. The maximum atomic E-state index is 12.8. The lowest BCUT2D eigenvalue weighted by Gasteiger charge is -2.37. The minimum absolute atomic E-state index is 0. The third-order valence-corrected chi connectivity index (χ3v) is 5.21. The summed E-state index contributed by atoms with van der Waals surface area (Å²) in [6.07, 6.45) is 2.71. The van der Waals surface area contributed by atoms with Crippen LogP contribution in [0.2, 0.25) is 0 Å². The molecule has 1 aromatic carbocycles. The molecule has 0 spiro atoms. The Labute approximate surface area is 173 Å². The van der Waals surface area contributed by atoms with Crippen LogP contribution in [0.25, 0.3) is 0 Å². The van der Waals surface area contributed by atoms with Gasteiger partial charge in [0.1, 0.15) is 0 Å². The average molecular weight is 417 g/mol. The summed E-state index contributed by atoms with van der Waals surface area (Å²) in [6.45, 7) is 5.88. The molecule has 8 heteroatoms. The smallest absolute Gasteiger partial charge is 0.241 e. The molecule has 2 amide bonds. The topological polar surface area (TPSA) is 69.9 Å². The number of nitrogens with zero attached hydrogens (tertiary/aromatic N) is 3. The van der Waals surface area contributed by atoms with E-state index in [1.54, 1.807) is 0 Å². The lowest BCUT2D eigenvalue weighted by molar-refractivity contribution is -0.134. The van der Waals surface area contributed by atoms with Crippen LogP contribution in [0.3, 0.4) is 0 Å². The summed E-state index contributed by atoms with van der Waals surface area (Å²) in [7, 11) is 0. The summed E-state index contributed by atoms with van der Waals surface area (Å²) >= 11 is 0. The van der Waals surface area contributed by atoms with Crippen LogP contribution >= 0.6 is 24.8 Å². The van der Waals surface area contributed by atoms with Gasteiger partial charge in [0, 0.05) is 38.4 Å². The Morgan fingerprint density at radius 3 is 2.41 bits per heavy atom. The van der Waals surface area contributed by atoms with Crippen molar-refractivity contribution in [2.24, 2.45) is 5.73 Å². The number of para-hydroxylation sites is 1. The number of amides is 2. The van der Waals surface area contributed by atoms with Crippen LogP contribution in [0.1, 0.15) is 25.3 Å². The number of benzene rings is 1. The predicted octanol–water partition coefficient (Wildman–Crippen LogP) is 1.69. The molecule has 2 N–H and O–H groups in total. The largest absolute Gasteiger partial charge is 0.339 e. The maximum Gasteiger partial charge on any atom is 0.241 e. The van der Waals surface area contributed by atoms with Gasteiger partial charge in [-0.15, -0.1) is 24.8 Å². The van der Waals surface area contributed by atoms with Crippen LogP contribution in [0, 0.1) is 0 Å². The first kappa shape index (κ1) is 23.7. The van der Waals surface area contributed by atoms with Gasteiger partial charge in [-0.3, -0.25) is 14.5 Å². The zero-order chi connectivity index (χ0) is 17.8. The Bertz CT molecular complexity index is 636. The highest BCUT2D eigenvalue weighted by Gasteiger charge is 2.28. The average Bonchev–Trinajstić information content (AvgIpc) is 2.66. The highest BCUT2D eigenvalue weighted by atomic mass is 35.5. The van der Waals surface area contributed by atoms with E-state index in [1.807, 2.05) is 34.9 Å². The molecule has 3 rings (SSSR count). The zero-order valence-corrected chi connectivity index (χ0v) is 17.4. The van der Waals surface area contributed by atoms with Crippen LogP contribution in [-0.2, 0) is 16.0 Å². The third-order valence-electron chi connectivity index (χ3n) is 5.21. The molecule has 1 fully saturated rings. The molecule has 0 unspecified atom stereocenters. The van der Waals surface area contributed by atoms with E-state index in [4.69, 9.17) is 5.73 Å². The number of rotatable bonds is 4. The van der Waals surface area contributed by atoms with Crippen LogP contribution in [-0.4, -0.2) is 66.9 Å². The number of carbonyl (C=O) groups excluding carboxylic acids is 2. The zero-order valence-electron chi connectivity index (χ0n) is 15.8. The molecule has 2 aliphatic heterocycles. The van der Waals surface area contributed by atoms with Gasteiger partial charge in [-0.1, -0.05) is 25.1 Å². The molecule has 152 valence electrons. The molecule has 0 bridgehead atoms. The molecule has 0 aromatic heterocycles. The Kier molecular flexibility index (Phi) is 9.53. The highest BCUT2D eigenvalue weighted by molar-refractivity contribution is 5.96. The van der Waals surface area contributed by atoms with Crippen molar-refractivity contribution in [1.82, 2.24) is 9.80 Å². The number of hydrogen-bond donors (Lipinski definition) is 1. The number of fused-ring (bicyclic) bond motifs is 1. The van der Waals surface area contributed by atoms with E-state index in [1.165, 1.54) is 5.56 Å². The monoisotopic (exact) mass is 416 g/mol. The van der Waals surface area contributed by atoms with Crippen molar-refractivity contribution in [2.75, 3.05) is 44.2 Å². The van der Waals surface area contributed by atoms with Gasteiger partial charge in [0.2, 0.25) is 11.8 Å². The highest BCUT2D eigenvalue weighted by Crippen LogP contribution is 2.26. The van der Waals surface area contributed by atoms with E-state index in [-0.39, 0.29) is 36.6 Å². The molecule has 6 nitrogen and oxygen atoms in total. The Balaban J connectivity index is 0.00000182. The number of piperazine rings is 1. The molecule has 27 heavy (non-hydrogen) atoms. The summed E-state index contributed by atoms with van der Waals surface area (Å²) in [4.78, 5) is 30.8. The second-order valence-electron chi connectivity index (χ2n) is 6.89. The summed E-state index contributed by atoms with van der Waals surface area (Å²) in [6, 6.07) is 7.76. The summed E-state index contributed by atoms with van der Waals surface area (Å²) < 4.78 is 0. The second kappa shape index (κ2) is 10.9. The molecular weight excluding hydrogens is 387 g/mol. The SMILES string of the molecule is CC[C@H](N)C(=O)N1CCN(CC(=O)N2CCCc3ccccc32)CC1.Cl.Cl. The molecule has 2 heterocycles. The maximum absolute atomic E-state index is 12.8. The van der Waals surface area contributed by atoms with Crippen molar-refractivity contribution < 1.29 is 9.59 Å². The number of nitrogens with two attached hydrogens (primary N) is 1. The Morgan fingerprint density at radius 2 is 1.74 bits per heavy atom. The summed E-state index contributed by atoms with van der Waals surface area (Å²) in [5.41, 5.74) is 8.15. The van der Waals surface area contributed by atoms with E-state index in [2.05, 4.69) is 11.0 Å². The van der Waals surface area contributed by atoms with Gasteiger partial charge in [0.25, 0.3) is 0 Å². The third kappa shape index (κ3) is 5.57. The van der Waals surface area contributed by atoms with E-state index >= 15 is 0 Å². The van der Waals surface area contributed by atoms with Crippen molar-refractivity contribution in [3.63, 3.8) is 0 Å². The van der Waals surface area contributed by atoms with E-state index in [0.717, 1.165) is 38.2 Å². The number of hydrogen-bond acceptors (Lipinski definition) is 4. The van der Waals surface area contributed by atoms with Crippen molar-refractivity contribution in [3.8, 4) is 0 Å². The van der Waals surface area contributed by atoms with Crippen LogP contribution in [0.4, 0.5) is 5.69 Å². The van der Waals surface area contributed by atoms with Gasteiger partial charge in [-0.05, 0) is 30.9 Å². The number of carbonyl (C=O) groups is 2. The van der Waals surface area contributed by atoms with Crippen molar-refractivity contribution in [3.05, 3.63) is 29.8 Å². The second-order valence-corrected chi connectivity index (χ2v) is 6.89. The Hall–Kier alpha value is -1.34. The molecular formula is C19H30Cl2N4O2. The molecule has 2 aliphatic rings. The summed E-state index contributed by atoms with van der Waals surface area (Å²) in [5.74, 6) is 0.177. The fraction of sp³-hybridized carbons (Fsp3) is 0.579. The van der Waals surface area contributed by atoms with Crippen molar-refractivity contribution in [1.29, 1.82) is 0 Å². The van der Waals surface area contributed by atoms with Gasteiger partial charge in [-0.2, -0.15) is 0 Å². The molecule has 1 saturated heterocycles. The molecule has 0 saturated carbocycles. The lowest BCUT2D eigenvalue weighted by Crippen LogP contribution is -2.54. The molecule has 1 atom stereocenters. The lowest BCUT2D eigenvalue weighted by atomic mass is 10.0. The Morgan fingerprint density at radius 1 is 1.07 bits per heavy atom. The van der Waals surface area contributed by atoms with Crippen LogP contribution < -0.4 is 10.6 Å². The van der Waals surface area contributed by atoms with Crippen LogP contribution in [0.15, 0.2) is 24.3 Å². The molecule has 0 radical (unpaired) electrons. The van der Waals surface area contributed by atoms with E-state index in [9.17, 15) is 9.59 Å². The van der Waals surface area contributed by atoms with Gasteiger partial charge in [0.05, 0.1) is 12.6 Å². The summed E-state index contributed by atoms with van der Waals surface area (Å²) in [5, 5.41) is 0. The predicted molar refractivity (Wildman–Crippen MR) is 113 cm³/mol. The number of anilines is 1. The fourth-order valence-corrected chi connectivity index (χ4v) is 3.60. The fourth-order valence-electron chi connectivity index (χ4n) is 3.60. The van der Waals surface area contributed by atoms with Gasteiger partial charge >= 0.3 is 0 Å². The minimum atomic E-state index is -0.405. The quantitative estimate of drug-likeness (QED) is 0.810. The van der Waals surface area contributed by atoms with Crippen molar-refractivity contribution >= 4 is 42.3 Å². The first-order valence-electron chi connectivity index (χ1n) is 9.25. The van der Waals surface area contributed by atoms with Gasteiger partial charge in [-0.25, -0.2) is 0 Å². The number of halogens is 2. The normalized spacial score (nSPS) is 18.0. The first-order chi connectivity index (χ1) is 12.1. The molecule has 1 aromatic rings. The van der Waals surface area contributed by atoms with Crippen molar-refractivity contribution in [2.45, 2.75) is 32.2 Å². The molecule has 0 aliphatic carbocycles. The van der Waals surface area contributed by atoms with E-state index < -0.39 is 6.04 Å². The van der Waals surface area contributed by atoms with Gasteiger partial charge < -0.3 is 15.5 Å². The van der Waals surface area contributed by atoms with Crippen LogP contribution in [0.5, 0.6) is 0 Å². The first-order valence-corrected chi connectivity index (χ1v) is 9.25. The van der Waals surface area contributed by atoms with E-state index in [0.29, 0.717) is 26.1 Å². The standard InChI is InChI=1S/C19H28N4O2.2ClH/c1-2-16(20)19(25)22-12-10-21(11-13-22)14-18(24)23-9-5-7-15-6-3-4-8-17(15)23;;/h3-4,6,8,16H,2,5,7,9-14,20H2,1H3;2*1H/t16-;;/m0../s1.